The minimum Gasteiger partial charge on any atom is -0.454 e. The van der Waals surface area contributed by atoms with Crippen molar-refractivity contribution in [3.05, 3.63) is 27.7 Å². The summed E-state index contributed by atoms with van der Waals surface area (Å²) in [6.07, 6.45) is 3.08. The van der Waals surface area contributed by atoms with Crippen molar-refractivity contribution in [3.8, 4) is 22.1 Å². The molecule has 0 bridgehead atoms. The fraction of sp³-hybridized carbons (Fsp3) is 0.400. The van der Waals surface area contributed by atoms with Crippen LogP contribution in [0.3, 0.4) is 0 Å². The Bertz CT molecular complexity index is 645. The molecular weight excluding hydrogens is 352 g/mol. The van der Waals surface area contributed by atoms with E-state index in [9.17, 15) is 0 Å². The number of fused-ring (bicyclic) bond motifs is 1. The number of ether oxygens (including phenoxy) is 2. The topological polar surface area (TPSA) is 43.4 Å². The first-order valence-electron chi connectivity index (χ1n) is 6.97. The van der Waals surface area contributed by atoms with Gasteiger partial charge in [0.05, 0.1) is 4.47 Å². The Morgan fingerprint density at radius 1 is 1.43 bits per heavy atom. The van der Waals surface area contributed by atoms with E-state index in [1.165, 1.54) is 4.88 Å². The lowest BCUT2D eigenvalue weighted by Gasteiger charge is -2.09. The number of thiazole rings is 1. The van der Waals surface area contributed by atoms with Crippen LogP contribution in [0, 0.1) is 0 Å². The van der Waals surface area contributed by atoms with Gasteiger partial charge in [0.1, 0.15) is 5.01 Å². The van der Waals surface area contributed by atoms with Crippen LogP contribution < -0.4 is 14.8 Å². The number of nitrogens with one attached hydrogen (secondary N) is 1. The Balaban J connectivity index is 1.85. The van der Waals surface area contributed by atoms with Crippen LogP contribution in [0.15, 0.2) is 22.8 Å². The molecule has 0 saturated carbocycles. The zero-order valence-electron chi connectivity index (χ0n) is 12.0. The molecule has 1 atom stereocenters. The van der Waals surface area contributed by atoms with E-state index < -0.39 is 0 Å². The normalized spacial score (nSPS) is 14.4. The highest BCUT2D eigenvalue weighted by Gasteiger charge is 2.20. The van der Waals surface area contributed by atoms with Gasteiger partial charge in [0.25, 0.3) is 0 Å². The van der Waals surface area contributed by atoms with Gasteiger partial charge in [-0.1, -0.05) is 6.92 Å². The molecule has 0 radical (unpaired) electrons. The summed E-state index contributed by atoms with van der Waals surface area (Å²) in [5, 5.41) is 4.48. The zero-order chi connectivity index (χ0) is 14.8. The molecule has 2 aromatic rings. The predicted molar refractivity (Wildman–Crippen MR) is 88.1 cm³/mol. The van der Waals surface area contributed by atoms with Crippen molar-refractivity contribution in [1.82, 2.24) is 10.3 Å². The first kappa shape index (κ1) is 14.8. The largest absolute Gasteiger partial charge is 0.454 e. The summed E-state index contributed by atoms with van der Waals surface area (Å²) in [5.41, 5.74) is 1.05. The summed E-state index contributed by atoms with van der Waals surface area (Å²) in [5.74, 6) is 1.54. The number of halogens is 1. The molecule has 0 aliphatic carbocycles. The van der Waals surface area contributed by atoms with Gasteiger partial charge in [-0.05, 0) is 48.0 Å². The molecule has 1 aromatic carbocycles. The minimum atomic E-state index is 0.276. The molecule has 1 aliphatic rings. The highest BCUT2D eigenvalue weighted by molar-refractivity contribution is 9.10. The summed E-state index contributed by atoms with van der Waals surface area (Å²) in [6.45, 7) is 5.63. The van der Waals surface area contributed by atoms with E-state index in [1.807, 2.05) is 18.3 Å². The van der Waals surface area contributed by atoms with E-state index in [1.54, 1.807) is 11.3 Å². The van der Waals surface area contributed by atoms with Crippen LogP contribution >= 0.6 is 27.3 Å². The molecule has 3 rings (SSSR count). The summed E-state index contributed by atoms with van der Waals surface area (Å²) in [6, 6.07) is 4.34. The number of aromatic nitrogens is 1. The Morgan fingerprint density at radius 3 is 3.10 bits per heavy atom. The van der Waals surface area contributed by atoms with Crippen LogP contribution in [0.4, 0.5) is 0 Å². The second-order valence-corrected chi connectivity index (χ2v) is 6.85. The molecule has 1 N–H and O–H groups in total. The fourth-order valence-corrected chi connectivity index (χ4v) is 3.66. The van der Waals surface area contributed by atoms with E-state index in [0.717, 1.165) is 39.5 Å². The fourth-order valence-electron chi connectivity index (χ4n) is 2.17. The van der Waals surface area contributed by atoms with Crippen LogP contribution in [-0.4, -0.2) is 18.3 Å². The number of benzene rings is 1. The summed E-state index contributed by atoms with van der Waals surface area (Å²) in [4.78, 5) is 5.79. The van der Waals surface area contributed by atoms with Gasteiger partial charge in [-0.25, -0.2) is 4.98 Å². The monoisotopic (exact) mass is 368 g/mol. The molecule has 2 heterocycles. The predicted octanol–water partition coefficient (Wildman–Crippen LogP) is 4.36. The van der Waals surface area contributed by atoms with E-state index in [4.69, 9.17) is 9.47 Å². The minimum absolute atomic E-state index is 0.276. The quantitative estimate of drug-likeness (QED) is 0.851. The van der Waals surface area contributed by atoms with Crippen molar-refractivity contribution in [1.29, 1.82) is 0 Å². The average Bonchev–Trinajstić information content (AvgIpc) is 3.13. The van der Waals surface area contributed by atoms with Gasteiger partial charge in [-0.2, -0.15) is 0 Å². The third kappa shape index (κ3) is 3.07. The maximum Gasteiger partial charge on any atom is 0.231 e. The Kier molecular flexibility index (Phi) is 4.47. The van der Waals surface area contributed by atoms with Gasteiger partial charge >= 0.3 is 0 Å². The van der Waals surface area contributed by atoms with Gasteiger partial charge < -0.3 is 14.8 Å². The number of hydrogen-bond donors (Lipinski definition) is 1. The third-order valence-electron chi connectivity index (χ3n) is 3.33. The van der Waals surface area contributed by atoms with Gasteiger partial charge in [0.2, 0.25) is 6.79 Å². The van der Waals surface area contributed by atoms with Crippen LogP contribution in [0.5, 0.6) is 11.5 Å². The van der Waals surface area contributed by atoms with Crippen molar-refractivity contribution in [2.75, 3.05) is 13.3 Å². The molecule has 6 heteroatoms. The molecule has 1 aliphatic heterocycles. The van der Waals surface area contributed by atoms with Crippen molar-refractivity contribution >= 4 is 27.3 Å². The first-order valence-corrected chi connectivity index (χ1v) is 8.58. The lowest BCUT2D eigenvalue weighted by molar-refractivity contribution is 0.173. The molecule has 0 fully saturated rings. The second-order valence-electron chi connectivity index (χ2n) is 4.94. The molecule has 0 saturated heterocycles. The first-order chi connectivity index (χ1) is 10.2. The van der Waals surface area contributed by atoms with Crippen molar-refractivity contribution in [3.63, 3.8) is 0 Å². The molecule has 1 unspecified atom stereocenters. The molecular formula is C15H17BrN2O2S. The molecule has 1 aromatic heterocycles. The Hall–Kier alpha value is -1.11. The van der Waals surface area contributed by atoms with Crippen LogP contribution in [0.25, 0.3) is 10.6 Å². The highest BCUT2D eigenvalue weighted by Crippen LogP contribution is 2.43. The van der Waals surface area contributed by atoms with E-state index in [-0.39, 0.29) is 6.79 Å². The highest BCUT2D eigenvalue weighted by atomic mass is 79.9. The van der Waals surface area contributed by atoms with Crippen LogP contribution in [0.2, 0.25) is 0 Å². The van der Waals surface area contributed by atoms with Gasteiger partial charge in [-0.15, -0.1) is 11.3 Å². The molecule has 0 spiro atoms. The number of hydrogen-bond acceptors (Lipinski definition) is 5. The van der Waals surface area contributed by atoms with E-state index >= 15 is 0 Å². The third-order valence-corrected chi connectivity index (χ3v) is 5.14. The summed E-state index contributed by atoms with van der Waals surface area (Å²) < 4.78 is 11.8. The zero-order valence-corrected chi connectivity index (χ0v) is 14.4. The van der Waals surface area contributed by atoms with Gasteiger partial charge in [0, 0.05) is 22.7 Å². The maximum absolute atomic E-state index is 5.46. The summed E-state index contributed by atoms with van der Waals surface area (Å²) in [7, 11) is 0. The molecule has 112 valence electrons. The van der Waals surface area contributed by atoms with Gasteiger partial charge in [0.15, 0.2) is 11.5 Å². The molecule has 0 amide bonds. The van der Waals surface area contributed by atoms with E-state index in [2.05, 4.69) is 40.1 Å². The SMILES string of the molecule is CCCNC(C)c1cnc(-c2cc(Br)c3c(c2)OCO3)s1. The average molecular weight is 369 g/mol. The summed E-state index contributed by atoms with van der Waals surface area (Å²) >= 11 is 5.23. The number of nitrogens with zero attached hydrogens (tertiary/aromatic N) is 1. The number of rotatable bonds is 5. The van der Waals surface area contributed by atoms with E-state index in [0.29, 0.717) is 6.04 Å². The van der Waals surface area contributed by atoms with Crippen molar-refractivity contribution < 1.29 is 9.47 Å². The lowest BCUT2D eigenvalue weighted by Crippen LogP contribution is -2.18. The standard InChI is InChI=1S/C15H17BrN2O2S/c1-3-4-17-9(2)13-7-18-15(21-13)10-5-11(16)14-12(6-10)19-8-20-14/h5-7,9,17H,3-4,8H2,1-2H3. The smallest absolute Gasteiger partial charge is 0.231 e. The van der Waals surface area contributed by atoms with Crippen LogP contribution in [0.1, 0.15) is 31.2 Å². The lowest BCUT2D eigenvalue weighted by atomic mass is 10.2. The molecule has 21 heavy (non-hydrogen) atoms. The van der Waals surface area contributed by atoms with Gasteiger partial charge in [-0.3, -0.25) is 0 Å². The van der Waals surface area contributed by atoms with Crippen molar-refractivity contribution in [2.24, 2.45) is 0 Å². The maximum atomic E-state index is 5.46. The second kappa shape index (κ2) is 6.34. The Labute approximate surface area is 136 Å². The van der Waals surface area contributed by atoms with Crippen molar-refractivity contribution in [2.45, 2.75) is 26.3 Å². The molecule has 4 nitrogen and oxygen atoms in total. The Morgan fingerprint density at radius 2 is 2.29 bits per heavy atom. The van der Waals surface area contributed by atoms with Crippen LogP contribution in [-0.2, 0) is 0 Å².